The van der Waals surface area contributed by atoms with Gasteiger partial charge >= 0.3 is 0 Å². The zero-order chi connectivity index (χ0) is 14.9. The van der Waals surface area contributed by atoms with Crippen molar-refractivity contribution >= 4 is 27.0 Å². The van der Waals surface area contributed by atoms with Crippen molar-refractivity contribution in [3.8, 4) is 0 Å². The zero-order valence-corrected chi connectivity index (χ0v) is 12.1. The Labute approximate surface area is 119 Å². The van der Waals surface area contributed by atoms with Crippen molar-refractivity contribution < 1.29 is 17.2 Å². The maximum atomic E-state index is 13.5. The van der Waals surface area contributed by atoms with Gasteiger partial charge in [0.2, 0.25) is 0 Å². The van der Waals surface area contributed by atoms with E-state index in [9.17, 15) is 17.2 Å². The number of anilines is 1. The van der Waals surface area contributed by atoms with E-state index in [4.69, 9.17) is 5.73 Å². The van der Waals surface area contributed by atoms with Gasteiger partial charge in [-0.2, -0.15) is 0 Å². The Bertz CT molecular complexity index is 742. The normalized spacial score (nSPS) is 11.6. The van der Waals surface area contributed by atoms with Crippen LogP contribution in [-0.2, 0) is 16.6 Å². The Hall–Kier alpha value is -1.51. The molecule has 0 aliphatic rings. The lowest BCUT2D eigenvalue weighted by Crippen LogP contribution is -2.12. The number of benzene rings is 1. The second-order valence-corrected chi connectivity index (χ2v) is 7.15. The van der Waals surface area contributed by atoms with Gasteiger partial charge in [-0.15, -0.1) is 11.3 Å². The molecule has 2 aromatic rings. The van der Waals surface area contributed by atoms with E-state index in [0.717, 1.165) is 40.0 Å². The van der Waals surface area contributed by atoms with Crippen LogP contribution in [0.15, 0.2) is 28.5 Å². The minimum Gasteiger partial charge on any atom is -0.326 e. The molecule has 108 valence electrons. The van der Waals surface area contributed by atoms with Crippen molar-refractivity contribution in [3.63, 3.8) is 0 Å². The second-order valence-electron chi connectivity index (χ2n) is 4.11. The fourth-order valence-electron chi connectivity index (χ4n) is 1.59. The van der Waals surface area contributed by atoms with Crippen molar-refractivity contribution in [3.05, 3.63) is 46.3 Å². The molecule has 0 aliphatic carbocycles. The summed E-state index contributed by atoms with van der Waals surface area (Å²) in [4.78, 5) is 0.727. The Morgan fingerprint density at radius 2 is 2.00 bits per heavy atom. The van der Waals surface area contributed by atoms with Crippen LogP contribution in [0.4, 0.5) is 14.5 Å². The van der Waals surface area contributed by atoms with Gasteiger partial charge in [0.25, 0.3) is 10.0 Å². The van der Waals surface area contributed by atoms with E-state index in [1.807, 2.05) is 4.72 Å². The smallest absolute Gasteiger partial charge is 0.271 e. The van der Waals surface area contributed by atoms with Gasteiger partial charge in [0.05, 0.1) is 5.69 Å². The highest BCUT2D eigenvalue weighted by Gasteiger charge is 2.20. The first-order valence-electron chi connectivity index (χ1n) is 5.60. The monoisotopic (exact) mass is 318 g/mol. The van der Waals surface area contributed by atoms with Gasteiger partial charge in [-0.05, 0) is 30.7 Å². The SMILES string of the molecule is Cc1cc(S(=O)(=O)Nc2cc(F)ccc2F)sc1CN. The van der Waals surface area contributed by atoms with Crippen LogP contribution in [0.1, 0.15) is 10.4 Å². The van der Waals surface area contributed by atoms with Crippen molar-refractivity contribution in [1.29, 1.82) is 0 Å². The van der Waals surface area contributed by atoms with E-state index in [1.54, 1.807) is 6.92 Å². The first-order valence-corrected chi connectivity index (χ1v) is 7.90. The molecule has 0 aliphatic heterocycles. The molecule has 0 saturated heterocycles. The van der Waals surface area contributed by atoms with E-state index < -0.39 is 27.3 Å². The van der Waals surface area contributed by atoms with E-state index in [1.165, 1.54) is 6.07 Å². The molecule has 0 unspecified atom stereocenters. The van der Waals surface area contributed by atoms with Crippen molar-refractivity contribution in [2.24, 2.45) is 5.73 Å². The largest absolute Gasteiger partial charge is 0.326 e. The number of thiophene rings is 1. The van der Waals surface area contributed by atoms with Crippen molar-refractivity contribution in [2.45, 2.75) is 17.7 Å². The fraction of sp³-hybridized carbons (Fsp3) is 0.167. The highest BCUT2D eigenvalue weighted by atomic mass is 32.2. The number of hydrogen-bond acceptors (Lipinski definition) is 4. The summed E-state index contributed by atoms with van der Waals surface area (Å²) in [5, 5.41) is 0. The molecular weight excluding hydrogens is 306 g/mol. The van der Waals surface area contributed by atoms with E-state index >= 15 is 0 Å². The molecular formula is C12H12F2N2O2S2. The number of hydrogen-bond donors (Lipinski definition) is 2. The highest BCUT2D eigenvalue weighted by Crippen LogP contribution is 2.28. The molecule has 0 bridgehead atoms. The Balaban J connectivity index is 2.37. The summed E-state index contributed by atoms with van der Waals surface area (Å²) in [6.45, 7) is 1.96. The molecule has 0 fully saturated rings. The predicted octanol–water partition coefficient (Wildman–Crippen LogP) is 2.59. The molecule has 3 N–H and O–H groups in total. The average Bonchev–Trinajstić information content (AvgIpc) is 2.76. The lowest BCUT2D eigenvalue weighted by atomic mass is 10.3. The van der Waals surface area contributed by atoms with Gasteiger partial charge in [-0.3, -0.25) is 4.72 Å². The van der Waals surface area contributed by atoms with Crippen LogP contribution in [0.3, 0.4) is 0 Å². The summed E-state index contributed by atoms with van der Waals surface area (Å²) in [5.74, 6) is -1.57. The maximum absolute atomic E-state index is 13.5. The maximum Gasteiger partial charge on any atom is 0.271 e. The van der Waals surface area contributed by atoms with Crippen LogP contribution in [0.5, 0.6) is 0 Å². The summed E-state index contributed by atoms with van der Waals surface area (Å²) >= 11 is 1.00. The minimum atomic E-state index is -3.96. The summed E-state index contributed by atoms with van der Waals surface area (Å²) in [5.41, 5.74) is 5.81. The van der Waals surface area contributed by atoms with Crippen LogP contribution in [0.2, 0.25) is 0 Å². The average molecular weight is 318 g/mol. The minimum absolute atomic E-state index is 0.0131. The summed E-state index contributed by atoms with van der Waals surface area (Å²) < 4.78 is 52.8. The number of sulfonamides is 1. The van der Waals surface area contributed by atoms with Gasteiger partial charge in [0.15, 0.2) is 0 Å². The van der Waals surface area contributed by atoms with E-state index in [2.05, 4.69) is 0 Å². The molecule has 8 heteroatoms. The summed E-state index contributed by atoms with van der Waals surface area (Å²) in [6, 6.07) is 4.01. The van der Waals surface area contributed by atoms with Gasteiger partial charge in [0.1, 0.15) is 15.8 Å². The Kier molecular flexibility index (Phi) is 4.07. The summed E-state index contributed by atoms with van der Waals surface area (Å²) in [6.07, 6.45) is 0. The lowest BCUT2D eigenvalue weighted by molar-refractivity contribution is 0.595. The fourth-order valence-corrected chi connectivity index (χ4v) is 4.12. The third kappa shape index (κ3) is 2.97. The first kappa shape index (κ1) is 14.9. The third-order valence-corrected chi connectivity index (χ3v) is 5.72. The summed E-state index contributed by atoms with van der Waals surface area (Å²) in [7, 11) is -3.96. The first-order chi connectivity index (χ1) is 9.33. The molecule has 0 amide bonds. The van der Waals surface area contributed by atoms with Crippen LogP contribution >= 0.6 is 11.3 Å². The van der Waals surface area contributed by atoms with Crippen LogP contribution in [-0.4, -0.2) is 8.42 Å². The molecule has 1 aromatic heterocycles. The molecule has 0 atom stereocenters. The molecule has 0 spiro atoms. The van der Waals surface area contributed by atoms with E-state index in [-0.39, 0.29) is 10.8 Å². The van der Waals surface area contributed by atoms with Crippen LogP contribution in [0.25, 0.3) is 0 Å². The van der Waals surface area contributed by atoms with Crippen molar-refractivity contribution in [1.82, 2.24) is 0 Å². The Morgan fingerprint density at radius 1 is 1.30 bits per heavy atom. The quantitative estimate of drug-likeness (QED) is 0.910. The molecule has 0 radical (unpaired) electrons. The van der Waals surface area contributed by atoms with Crippen LogP contribution < -0.4 is 10.5 Å². The molecule has 1 heterocycles. The highest BCUT2D eigenvalue weighted by molar-refractivity contribution is 7.94. The van der Waals surface area contributed by atoms with Gasteiger partial charge in [-0.1, -0.05) is 0 Å². The standard InChI is InChI=1S/C12H12F2N2O2S2/c1-7-4-12(19-11(7)6-15)20(17,18)16-10-5-8(13)2-3-9(10)14/h2-5,16H,6,15H2,1H3. The molecule has 4 nitrogen and oxygen atoms in total. The van der Waals surface area contributed by atoms with Gasteiger partial charge in [-0.25, -0.2) is 17.2 Å². The lowest BCUT2D eigenvalue weighted by Gasteiger charge is -2.07. The van der Waals surface area contributed by atoms with Gasteiger partial charge in [0, 0.05) is 17.5 Å². The predicted molar refractivity (Wildman–Crippen MR) is 74.1 cm³/mol. The van der Waals surface area contributed by atoms with Gasteiger partial charge < -0.3 is 5.73 Å². The molecule has 1 aromatic carbocycles. The second kappa shape index (κ2) is 5.47. The topological polar surface area (TPSA) is 72.2 Å². The van der Waals surface area contributed by atoms with E-state index in [0.29, 0.717) is 0 Å². The van der Waals surface area contributed by atoms with Crippen LogP contribution in [0, 0.1) is 18.6 Å². The molecule has 20 heavy (non-hydrogen) atoms. The van der Waals surface area contributed by atoms with Crippen molar-refractivity contribution in [2.75, 3.05) is 4.72 Å². The number of nitrogens with one attached hydrogen (secondary N) is 1. The number of halogens is 2. The molecule has 0 saturated carbocycles. The molecule has 2 rings (SSSR count). The Morgan fingerprint density at radius 3 is 2.60 bits per heavy atom. The number of aryl methyl sites for hydroxylation is 1. The number of rotatable bonds is 4. The zero-order valence-electron chi connectivity index (χ0n) is 10.5. The number of nitrogens with two attached hydrogens (primary N) is 1. The third-order valence-electron chi connectivity index (χ3n) is 2.62.